The quantitative estimate of drug-likeness (QED) is 0.664. The highest BCUT2D eigenvalue weighted by atomic mass is 32.1. The lowest BCUT2D eigenvalue weighted by molar-refractivity contribution is 0.356. The fourth-order valence-electron chi connectivity index (χ4n) is 2.26. The van der Waals surface area contributed by atoms with E-state index in [1.54, 1.807) is 30.3 Å². The van der Waals surface area contributed by atoms with Gasteiger partial charge in [-0.3, -0.25) is 0 Å². The molecule has 3 aromatic rings. The average Bonchev–Trinajstić information content (AvgIpc) is 3.27. The molecule has 0 saturated heterocycles. The van der Waals surface area contributed by atoms with Gasteiger partial charge in [-0.05, 0) is 42.9 Å². The summed E-state index contributed by atoms with van der Waals surface area (Å²) in [6.07, 6.45) is 2.40. The molecule has 130 valence electrons. The van der Waals surface area contributed by atoms with Crippen LogP contribution in [0.5, 0.6) is 0 Å². The minimum absolute atomic E-state index is 0.310. The average molecular weight is 360 g/mol. The highest BCUT2D eigenvalue weighted by Gasteiger charge is 2.17. The van der Waals surface area contributed by atoms with E-state index in [0.717, 1.165) is 6.42 Å². The first-order valence-corrected chi connectivity index (χ1v) is 8.25. The van der Waals surface area contributed by atoms with Crippen molar-refractivity contribution in [1.82, 2.24) is 15.1 Å². The number of thiocarbonyl (C=S) groups is 1. The fourth-order valence-corrected chi connectivity index (χ4v) is 2.53. The van der Waals surface area contributed by atoms with Crippen LogP contribution in [0.15, 0.2) is 51.5 Å². The lowest BCUT2D eigenvalue weighted by atomic mass is 10.3. The number of hydrogen-bond donors (Lipinski definition) is 1. The van der Waals surface area contributed by atoms with E-state index in [1.807, 2.05) is 11.8 Å². The van der Waals surface area contributed by atoms with Crippen molar-refractivity contribution in [2.24, 2.45) is 0 Å². The normalized spacial score (nSPS) is 10.6. The zero-order valence-electron chi connectivity index (χ0n) is 13.6. The predicted octanol–water partition coefficient (Wildman–Crippen LogP) is 4.08. The highest BCUT2D eigenvalue weighted by Crippen LogP contribution is 2.19. The Kier molecular flexibility index (Phi) is 5.39. The molecule has 0 fully saturated rings. The molecule has 0 amide bonds. The van der Waals surface area contributed by atoms with E-state index in [1.165, 1.54) is 12.3 Å². The fraction of sp³-hybridized carbons (Fsp3) is 0.235. The van der Waals surface area contributed by atoms with Gasteiger partial charge in [0, 0.05) is 6.54 Å². The van der Waals surface area contributed by atoms with E-state index in [9.17, 15) is 4.39 Å². The van der Waals surface area contributed by atoms with Crippen LogP contribution in [0, 0.1) is 5.82 Å². The topological polar surface area (TPSA) is 67.3 Å². The second kappa shape index (κ2) is 7.89. The van der Waals surface area contributed by atoms with Crippen molar-refractivity contribution in [2.45, 2.75) is 19.9 Å². The molecule has 0 atom stereocenters. The molecule has 0 aliphatic rings. The van der Waals surface area contributed by atoms with Crippen molar-refractivity contribution in [2.75, 3.05) is 11.9 Å². The van der Waals surface area contributed by atoms with Crippen LogP contribution in [0.2, 0.25) is 0 Å². The Hall–Kier alpha value is -2.74. The Morgan fingerprint density at radius 2 is 2.08 bits per heavy atom. The van der Waals surface area contributed by atoms with Crippen LogP contribution in [0.1, 0.15) is 19.2 Å². The highest BCUT2D eigenvalue weighted by molar-refractivity contribution is 7.80. The van der Waals surface area contributed by atoms with Crippen LogP contribution in [0.4, 0.5) is 10.1 Å². The van der Waals surface area contributed by atoms with Gasteiger partial charge >= 0.3 is 0 Å². The summed E-state index contributed by atoms with van der Waals surface area (Å²) in [5.74, 6) is 0.856. The largest absolute Gasteiger partial charge is 0.459 e. The smallest absolute Gasteiger partial charge is 0.283 e. The molecule has 0 bridgehead atoms. The second-order valence-corrected chi connectivity index (χ2v) is 5.70. The lowest BCUT2D eigenvalue weighted by Crippen LogP contribution is -2.35. The molecule has 1 aromatic carbocycles. The Bertz CT molecular complexity index is 835. The number of rotatable bonds is 6. The molecule has 6 nitrogen and oxygen atoms in total. The van der Waals surface area contributed by atoms with Crippen LogP contribution in [0.25, 0.3) is 11.7 Å². The van der Waals surface area contributed by atoms with Crippen molar-refractivity contribution in [1.29, 1.82) is 0 Å². The number of nitrogens with one attached hydrogen (secondary N) is 1. The summed E-state index contributed by atoms with van der Waals surface area (Å²) < 4.78 is 24.6. The molecule has 1 N–H and O–H groups in total. The van der Waals surface area contributed by atoms with Gasteiger partial charge in [-0.15, -0.1) is 10.2 Å². The van der Waals surface area contributed by atoms with Gasteiger partial charge in [0.2, 0.25) is 5.89 Å². The maximum Gasteiger partial charge on any atom is 0.283 e. The van der Waals surface area contributed by atoms with Gasteiger partial charge in [0.05, 0.1) is 18.5 Å². The van der Waals surface area contributed by atoms with Crippen LogP contribution >= 0.6 is 12.2 Å². The number of aromatic nitrogens is 2. The van der Waals surface area contributed by atoms with Gasteiger partial charge in [0.25, 0.3) is 5.89 Å². The molecule has 25 heavy (non-hydrogen) atoms. The maximum atomic E-state index is 13.8. The number of furan rings is 1. The lowest BCUT2D eigenvalue weighted by Gasteiger charge is -2.24. The molecule has 0 spiro atoms. The van der Waals surface area contributed by atoms with Crippen LogP contribution in [0.3, 0.4) is 0 Å². The van der Waals surface area contributed by atoms with Gasteiger partial charge in [0.15, 0.2) is 10.9 Å². The summed E-state index contributed by atoms with van der Waals surface area (Å²) in [5.41, 5.74) is 0.329. The standard InChI is InChI=1S/C17H17FN4O2S/c1-2-9-22(17(25)19-13-7-4-3-6-12(13)18)11-15-20-21-16(24-15)14-8-5-10-23-14/h3-8,10H,2,9,11H2,1H3,(H,19,25). The third-order valence-electron chi connectivity index (χ3n) is 3.42. The molecule has 2 heterocycles. The van der Waals surface area contributed by atoms with Gasteiger partial charge in [-0.25, -0.2) is 4.39 Å². The summed E-state index contributed by atoms with van der Waals surface area (Å²) in [6.45, 7) is 3.02. The first-order chi connectivity index (χ1) is 12.2. The zero-order valence-corrected chi connectivity index (χ0v) is 14.4. The Labute approximate surface area is 149 Å². The number of halogens is 1. The molecule has 0 saturated carbocycles. The Balaban J connectivity index is 1.70. The van der Waals surface area contributed by atoms with E-state index >= 15 is 0 Å². The van der Waals surface area contributed by atoms with Gasteiger partial charge < -0.3 is 19.1 Å². The van der Waals surface area contributed by atoms with Crippen molar-refractivity contribution in [3.8, 4) is 11.7 Å². The molecule has 0 unspecified atom stereocenters. The monoisotopic (exact) mass is 360 g/mol. The zero-order chi connectivity index (χ0) is 17.6. The van der Waals surface area contributed by atoms with Gasteiger partial charge in [0.1, 0.15) is 5.82 Å². The number of para-hydroxylation sites is 1. The summed E-state index contributed by atoms with van der Waals surface area (Å²) in [5, 5.41) is 11.3. The third-order valence-corrected chi connectivity index (χ3v) is 3.78. The molecule has 0 aliphatic carbocycles. The van der Waals surface area contributed by atoms with E-state index in [-0.39, 0.29) is 5.82 Å². The van der Waals surface area contributed by atoms with Crippen LogP contribution in [-0.4, -0.2) is 26.8 Å². The summed E-state index contributed by atoms with van der Waals surface area (Å²) >= 11 is 5.41. The first-order valence-electron chi connectivity index (χ1n) is 7.84. The molecule has 0 radical (unpaired) electrons. The van der Waals surface area contributed by atoms with Crippen molar-refractivity contribution in [3.63, 3.8) is 0 Å². The van der Waals surface area contributed by atoms with Crippen molar-refractivity contribution < 1.29 is 13.2 Å². The minimum Gasteiger partial charge on any atom is -0.459 e. The predicted molar refractivity (Wildman–Crippen MR) is 95.3 cm³/mol. The van der Waals surface area contributed by atoms with Crippen molar-refractivity contribution >= 4 is 23.0 Å². The van der Waals surface area contributed by atoms with E-state index in [2.05, 4.69) is 15.5 Å². The van der Waals surface area contributed by atoms with Gasteiger partial charge in [-0.2, -0.15) is 0 Å². The number of hydrogen-bond acceptors (Lipinski definition) is 5. The summed E-state index contributed by atoms with van der Waals surface area (Å²) in [4.78, 5) is 1.85. The van der Waals surface area contributed by atoms with Crippen LogP contribution < -0.4 is 5.32 Å². The van der Waals surface area contributed by atoms with Crippen molar-refractivity contribution in [3.05, 3.63) is 54.4 Å². The molecule has 0 aliphatic heterocycles. The molecule has 3 rings (SSSR count). The van der Waals surface area contributed by atoms with Gasteiger partial charge in [-0.1, -0.05) is 19.1 Å². The molecular weight excluding hydrogens is 343 g/mol. The number of nitrogens with zero attached hydrogens (tertiary/aromatic N) is 3. The number of benzene rings is 1. The van der Waals surface area contributed by atoms with E-state index in [4.69, 9.17) is 21.1 Å². The Morgan fingerprint density at radius 3 is 2.80 bits per heavy atom. The van der Waals surface area contributed by atoms with E-state index < -0.39 is 0 Å². The molecule has 2 aromatic heterocycles. The molecular formula is C17H17FN4O2S. The number of anilines is 1. The van der Waals surface area contributed by atoms with Crippen LogP contribution in [-0.2, 0) is 6.54 Å². The second-order valence-electron chi connectivity index (χ2n) is 5.31. The first kappa shape index (κ1) is 17.1. The third kappa shape index (κ3) is 4.21. The van der Waals surface area contributed by atoms with E-state index in [0.29, 0.717) is 41.4 Å². The minimum atomic E-state index is -0.362. The Morgan fingerprint density at radius 1 is 1.24 bits per heavy atom. The summed E-state index contributed by atoms with van der Waals surface area (Å²) in [7, 11) is 0. The maximum absolute atomic E-state index is 13.8. The molecule has 8 heteroatoms. The summed E-state index contributed by atoms with van der Waals surface area (Å²) in [6, 6.07) is 9.87. The SMILES string of the molecule is CCCN(Cc1nnc(-c2ccco2)o1)C(=S)Nc1ccccc1F.